The molecule has 1 aliphatic heterocycles. The molecule has 152 valence electrons. The minimum atomic E-state index is -4.39. The molecule has 1 amide bonds. The van der Waals surface area contributed by atoms with Crippen LogP contribution in [0.2, 0.25) is 0 Å². The van der Waals surface area contributed by atoms with Crippen molar-refractivity contribution in [2.75, 3.05) is 31.1 Å². The lowest BCUT2D eigenvalue weighted by Gasteiger charge is -2.35. The summed E-state index contributed by atoms with van der Waals surface area (Å²) in [6.07, 6.45) is -3.30. The fourth-order valence-electron chi connectivity index (χ4n) is 3.10. The van der Waals surface area contributed by atoms with Crippen molar-refractivity contribution in [3.05, 3.63) is 51.8 Å². The number of anilines is 1. The molecule has 0 radical (unpaired) electrons. The summed E-state index contributed by atoms with van der Waals surface area (Å²) in [5.41, 5.74) is 1.06. The molecule has 0 unspecified atom stereocenters. The van der Waals surface area contributed by atoms with Crippen LogP contribution in [-0.2, 0) is 17.4 Å². The zero-order chi connectivity index (χ0) is 20.4. The lowest BCUT2D eigenvalue weighted by Crippen LogP contribution is -2.49. The molecule has 1 aliphatic rings. The smallest absolute Gasteiger partial charge is 0.353 e. The standard InChI is InChI=1S/C19H17F3N4OS2/c20-19(21,22)14-1-2-16(23-10-14)25-4-6-26(7-5-25)17(27)9-15-12-29-18(24-15)13-3-8-28-11-13/h1-3,8,10-12H,4-7,9H2. The molecule has 4 heterocycles. The minimum Gasteiger partial charge on any atom is -0.353 e. The normalized spacial score (nSPS) is 15.0. The Bertz CT molecular complexity index is 962. The van der Waals surface area contributed by atoms with E-state index in [2.05, 4.69) is 9.97 Å². The SMILES string of the molecule is O=C(Cc1csc(-c2ccsc2)n1)N1CCN(c2ccc(C(F)(F)F)cn2)CC1. The molecule has 3 aromatic rings. The summed E-state index contributed by atoms with van der Waals surface area (Å²) < 4.78 is 38.0. The summed E-state index contributed by atoms with van der Waals surface area (Å²) in [5, 5.41) is 6.84. The van der Waals surface area contributed by atoms with Crippen LogP contribution in [0.15, 0.2) is 40.5 Å². The number of hydrogen-bond donors (Lipinski definition) is 0. The van der Waals surface area contributed by atoms with Crippen molar-refractivity contribution in [2.45, 2.75) is 12.6 Å². The van der Waals surface area contributed by atoms with Gasteiger partial charge in [-0.1, -0.05) is 0 Å². The zero-order valence-electron chi connectivity index (χ0n) is 15.2. The predicted octanol–water partition coefficient (Wildman–Crippen LogP) is 4.18. The van der Waals surface area contributed by atoms with E-state index in [0.29, 0.717) is 32.0 Å². The van der Waals surface area contributed by atoms with Gasteiger partial charge in [-0.25, -0.2) is 9.97 Å². The van der Waals surface area contributed by atoms with Crippen LogP contribution in [0, 0.1) is 0 Å². The Hall–Kier alpha value is -2.46. The molecule has 1 saturated heterocycles. The number of piperazine rings is 1. The summed E-state index contributed by atoms with van der Waals surface area (Å²) in [6.45, 7) is 2.06. The number of halogens is 3. The molecule has 1 fully saturated rings. The highest BCUT2D eigenvalue weighted by Gasteiger charge is 2.31. The van der Waals surface area contributed by atoms with Crippen LogP contribution in [-0.4, -0.2) is 47.0 Å². The Morgan fingerprint density at radius 3 is 2.52 bits per heavy atom. The monoisotopic (exact) mass is 438 g/mol. The molecule has 0 aliphatic carbocycles. The van der Waals surface area contributed by atoms with E-state index in [9.17, 15) is 18.0 Å². The Kier molecular flexibility index (Phi) is 5.55. The van der Waals surface area contributed by atoms with E-state index >= 15 is 0 Å². The van der Waals surface area contributed by atoms with Crippen LogP contribution in [0.5, 0.6) is 0 Å². The van der Waals surface area contributed by atoms with Gasteiger partial charge in [0.15, 0.2) is 0 Å². The molecule has 10 heteroatoms. The van der Waals surface area contributed by atoms with Crippen molar-refractivity contribution in [3.63, 3.8) is 0 Å². The fraction of sp³-hybridized carbons (Fsp3) is 0.316. The van der Waals surface area contributed by atoms with Crippen molar-refractivity contribution < 1.29 is 18.0 Å². The van der Waals surface area contributed by atoms with Gasteiger partial charge in [-0.2, -0.15) is 24.5 Å². The lowest BCUT2D eigenvalue weighted by atomic mass is 10.2. The Morgan fingerprint density at radius 1 is 1.10 bits per heavy atom. The first-order valence-corrected chi connectivity index (χ1v) is 10.8. The molecule has 0 bridgehead atoms. The van der Waals surface area contributed by atoms with Gasteiger partial charge in [0.1, 0.15) is 10.8 Å². The van der Waals surface area contributed by atoms with E-state index in [1.807, 2.05) is 27.1 Å². The number of amides is 1. The molecule has 0 N–H and O–H groups in total. The number of carbonyl (C=O) groups excluding carboxylic acids is 1. The van der Waals surface area contributed by atoms with Gasteiger partial charge in [0.2, 0.25) is 5.91 Å². The maximum Gasteiger partial charge on any atom is 0.417 e. The number of aromatic nitrogens is 2. The van der Waals surface area contributed by atoms with E-state index in [1.54, 1.807) is 16.2 Å². The van der Waals surface area contributed by atoms with Crippen LogP contribution in [0.1, 0.15) is 11.3 Å². The first kappa shape index (κ1) is 19.8. The summed E-state index contributed by atoms with van der Waals surface area (Å²) in [5.74, 6) is 0.497. The zero-order valence-corrected chi connectivity index (χ0v) is 16.9. The average Bonchev–Trinajstić information content (AvgIpc) is 3.39. The largest absolute Gasteiger partial charge is 0.417 e. The van der Waals surface area contributed by atoms with Crippen LogP contribution in [0.4, 0.5) is 19.0 Å². The number of thiazole rings is 1. The number of pyridine rings is 1. The van der Waals surface area contributed by atoms with E-state index in [1.165, 1.54) is 17.4 Å². The third kappa shape index (κ3) is 4.59. The Morgan fingerprint density at radius 2 is 1.90 bits per heavy atom. The molecule has 0 atom stereocenters. The molecule has 5 nitrogen and oxygen atoms in total. The average molecular weight is 439 g/mol. The van der Waals surface area contributed by atoms with Crippen LogP contribution in [0.3, 0.4) is 0 Å². The number of hydrogen-bond acceptors (Lipinski definition) is 6. The number of alkyl halides is 3. The first-order chi connectivity index (χ1) is 13.9. The highest BCUT2D eigenvalue weighted by atomic mass is 32.1. The second-order valence-electron chi connectivity index (χ2n) is 6.60. The summed E-state index contributed by atoms with van der Waals surface area (Å²) in [7, 11) is 0. The van der Waals surface area contributed by atoms with Gasteiger partial charge in [-0.3, -0.25) is 4.79 Å². The molecule has 0 spiro atoms. The fourth-order valence-corrected chi connectivity index (χ4v) is 4.63. The quantitative estimate of drug-likeness (QED) is 0.613. The molecule has 0 saturated carbocycles. The first-order valence-electron chi connectivity index (χ1n) is 8.93. The second-order valence-corrected chi connectivity index (χ2v) is 8.24. The van der Waals surface area contributed by atoms with Crippen LogP contribution in [0.25, 0.3) is 10.6 Å². The van der Waals surface area contributed by atoms with Crippen LogP contribution < -0.4 is 4.90 Å². The Labute approximate surface area is 173 Å². The summed E-state index contributed by atoms with van der Waals surface area (Å²) in [4.78, 5) is 24.7. The number of carbonyl (C=O) groups is 1. The number of thiophene rings is 1. The molecule has 0 aromatic carbocycles. The summed E-state index contributed by atoms with van der Waals surface area (Å²) in [6, 6.07) is 4.42. The number of rotatable bonds is 4. The third-order valence-corrected chi connectivity index (χ3v) is 6.31. The molecule has 3 aromatic heterocycles. The highest BCUT2D eigenvalue weighted by molar-refractivity contribution is 7.14. The Balaban J connectivity index is 1.32. The lowest BCUT2D eigenvalue weighted by molar-refractivity contribution is -0.137. The van der Waals surface area contributed by atoms with Gasteiger partial charge >= 0.3 is 6.18 Å². The molecular weight excluding hydrogens is 421 g/mol. The van der Waals surface area contributed by atoms with Gasteiger partial charge in [-0.15, -0.1) is 11.3 Å². The van der Waals surface area contributed by atoms with E-state index in [4.69, 9.17) is 0 Å². The topological polar surface area (TPSA) is 49.3 Å². The molecule has 29 heavy (non-hydrogen) atoms. The van der Waals surface area contributed by atoms with Crippen molar-refractivity contribution in [3.8, 4) is 10.6 Å². The molecule has 4 rings (SSSR count). The van der Waals surface area contributed by atoms with Crippen molar-refractivity contribution in [1.29, 1.82) is 0 Å². The predicted molar refractivity (Wildman–Crippen MR) is 107 cm³/mol. The van der Waals surface area contributed by atoms with Gasteiger partial charge in [-0.05, 0) is 23.6 Å². The second kappa shape index (κ2) is 8.11. The van der Waals surface area contributed by atoms with E-state index < -0.39 is 11.7 Å². The van der Waals surface area contributed by atoms with Gasteiger partial charge in [0, 0.05) is 48.7 Å². The van der Waals surface area contributed by atoms with Gasteiger partial charge in [0.25, 0.3) is 0 Å². The third-order valence-electron chi connectivity index (χ3n) is 4.68. The van der Waals surface area contributed by atoms with E-state index in [0.717, 1.165) is 28.5 Å². The van der Waals surface area contributed by atoms with Crippen molar-refractivity contribution >= 4 is 34.4 Å². The van der Waals surface area contributed by atoms with Gasteiger partial charge in [0.05, 0.1) is 17.7 Å². The highest BCUT2D eigenvalue weighted by Crippen LogP contribution is 2.29. The van der Waals surface area contributed by atoms with Crippen LogP contribution >= 0.6 is 22.7 Å². The van der Waals surface area contributed by atoms with Crippen molar-refractivity contribution in [2.24, 2.45) is 0 Å². The van der Waals surface area contributed by atoms with E-state index in [-0.39, 0.29) is 12.3 Å². The van der Waals surface area contributed by atoms with Crippen molar-refractivity contribution in [1.82, 2.24) is 14.9 Å². The van der Waals surface area contributed by atoms with Gasteiger partial charge < -0.3 is 9.80 Å². The number of nitrogens with zero attached hydrogens (tertiary/aromatic N) is 4. The summed E-state index contributed by atoms with van der Waals surface area (Å²) >= 11 is 3.13. The maximum absolute atomic E-state index is 12.7. The molecular formula is C19H17F3N4OS2. The minimum absolute atomic E-state index is 0.00666. The maximum atomic E-state index is 12.7.